The van der Waals surface area contributed by atoms with Crippen molar-refractivity contribution in [3.8, 4) is 11.4 Å². The van der Waals surface area contributed by atoms with Gasteiger partial charge in [0.15, 0.2) is 5.65 Å². The zero-order valence-electron chi connectivity index (χ0n) is 12.6. The van der Waals surface area contributed by atoms with Crippen molar-refractivity contribution < 1.29 is 4.92 Å². The van der Waals surface area contributed by atoms with Crippen LogP contribution >= 0.6 is 0 Å². The van der Waals surface area contributed by atoms with Gasteiger partial charge in [0.25, 0.3) is 11.2 Å². The number of aromatic nitrogens is 3. The van der Waals surface area contributed by atoms with Gasteiger partial charge in [0.05, 0.1) is 10.3 Å². The van der Waals surface area contributed by atoms with E-state index in [1.807, 2.05) is 13.8 Å². The van der Waals surface area contributed by atoms with Crippen LogP contribution < -0.4 is 5.56 Å². The third kappa shape index (κ3) is 2.57. The molecule has 2 aromatic heterocycles. The lowest BCUT2D eigenvalue weighted by molar-refractivity contribution is -0.384. The van der Waals surface area contributed by atoms with Crippen LogP contribution in [0.15, 0.2) is 47.4 Å². The Bertz CT molecular complexity index is 946. The standard InChI is InChI=1S/C16H14N4O3/c1-10(2)19-15(11-5-7-12(8-6-11)20(22)23)18-14-13(16(19)21)4-3-9-17-14/h3-10H,1-2H3. The van der Waals surface area contributed by atoms with Crippen LogP contribution in [0.4, 0.5) is 5.69 Å². The zero-order chi connectivity index (χ0) is 16.6. The lowest BCUT2D eigenvalue weighted by Gasteiger charge is -2.16. The zero-order valence-corrected chi connectivity index (χ0v) is 12.6. The van der Waals surface area contributed by atoms with Crippen LogP contribution in [-0.2, 0) is 0 Å². The molecule has 2 heterocycles. The highest BCUT2D eigenvalue weighted by atomic mass is 16.6. The Morgan fingerprint density at radius 2 is 1.87 bits per heavy atom. The number of hydrogen-bond acceptors (Lipinski definition) is 5. The fourth-order valence-electron chi connectivity index (χ4n) is 2.45. The van der Waals surface area contributed by atoms with Crippen molar-refractivity contribution in [3.63, 3.8) is 0 Å². The van der Waals surface area contributed by atoms with E-state index < -0.39 is 4.92 Å². The second-order valence-electron chi connectivity index (χ2n) is 5.38. The van der Waals surface area contributed by atoms with Crippen LogP contribution in [0.3, 0.4) is 0 Å². The molecule has 3 rings (SSSR count). The number of nitro benzene ring substituents is 1. The third-order valence-electron chi connectivity index (χ3n) is 3.53. The Morgan fingerprint density at radius 3 is 2.48 bits per heavy atom. The predicted molar refractivity (Wildman–Crippen MR) is 86.3 cm³/mol. The summed E-state index contributed by atoms with van der Waals surface area (Å²) in [4.78, 5) is 31.7. The van der Waals surface area contributed by atoms with Crippen LogP contribution in [0.1, 0.15) is 19.9 Å². The molecule has 0 saturated carbocycles. The van der Waals surface area contributed by atoms with E-state index in [2.05, 4.69) is 9.97 Å². The van der Waals surface area contributed by atoms with Crippen LogP contribution in [0.5, 0.6) is 0 Å². The first kappa shape index (κ1) is 14.8. The Morgan fingerprint density at radius 1 is 1.17 bits per heavy atom. The summed E-state index contributed by atoms with van der Waals surface area (Å²) < 4.78 is 1.57. The lowest BCUT2D eigenvalue weighted by Crippen LogP contribution is -2.25. The summed E-state index contributed by atoms with van der Waals surface area (Å²) in [5.41, 5.74) is 0.814. The Balaban J connectivity index is 2.29. The molecule has 0 N–H and O–H groups in total. The van der Waals surface area contributed by atoms with Crippen molar-refractivity contribution in [2.45, 2.75) is 19.9 Å². The Labute approximate surface area is 131 Å². The van der Waals surface area contributed by atoms with Crippen molar-refractivity contribution in [1.29, 1.82) is 0 Å². The van der Waals surface area contributed by atoms with Gasteiger partial charge in [0.1, 0.15) is 5.82 Å². The maximum absolute atomic E-state index is 12.7. The summed E-state index contributed by atoms with van der Waals surface area (Å²) in [5.74, 6) is 0.450. The monoisotopic (exact) mass is 310 g/mol. The number of benzene rings is 1. The van der Waals surface area contributed by atoms with Gasteiger partial charge in [-0.15, -0.1) is 0 Å². The topological polar surface area (TPSA) is 90.9 Å². The molecule has 0 fully saturated rings. The molecular formula is C16H14N4O3. The summed E-state index contributed by atoms with van der Waals surface area (Å²) in [6.07, 6.45) is 1.58. The molecular weight excluding hydrogens is 296 g/mol. The summed E-state index contributed by atoms with van der Waals surface area (Å²) in [5, 5.41) is 11.2. The molecule has 0 aliphatic rings. The van der Waals surface area contributed by atoms with Crippen LogP contribution in [-0.4, -0.2) is 19.5 Å². The first-order valence-corrected chi connectivity index (χ1v) is 7.11. The number of hydrogen-bond donors (Lipinski definition) is 0. The molecule has 7 heteroatoms. The molecule has 7 nitrogen and oxygen atoms in total. The molecule has 0 spiro atoms. The summed E-state index contributed by atoms with van der Waals surface area (Å²) >= 11 is 0. The van der Waals surface area contributed by atoms with Gasteiger partial charge in [-0.05, 0) is 38.1 Å². The molecule has 0 radical (unpaired) electrons. The molecule has 0 unspecified atom stereocenters. The number of rotatable bonds is 3. The van der Waals surface area contributed by atoms with E-state index in [0.29, 0.717) is 22.4 Å². The number of fused-ring (bicyclic) bond motifs is 1. The molecule has 116 valence electrons. The van der Waals surface area contributed by atoms with Gasteiger partial charge in [-0.25, -0.2) is 9.97 Å². The second-order valence-corrected chi connectivity index (χ2v) is 5.38. The van der Waals surface area contributed by atoms with E-state index in [4.69, 9.17) is 0 Å². The molecule has 0 aliphatic heterocycles. The quantitative estimate of drug-likeness (QED) is 0.548. The van der Waals surface area contributed by atoms with Gasteiger partial charge >= 0.3 is 0 Å². The minimum absolute atomic E-state index is 0.00823. The van der Waals surface area contributed by atoms with Gasteiger partial charge in [-0.2, -0.15) is 0 Å². The summed E-state index contributed by atoms with van der Waals surface area (Å²) in [6.45, 7) is 3.78. The molecule has 3 aromatic rings. The SMILES string of the molecule is CC(C)n1c(-c2ccc([N+](=O)[O-])cc2)nc2ncccc2c1=O. The minimum Gasteiger partial charge on any atom is -0.289 e. The van der Waals surface area contributed by atoms with Crippen molar-refractivity contribution in [1.82, 2.24) is 14.5 Å². The molecule has 0 bridgehead atoms. The highest BCUT2D eigenvalue weighted by Crippen LogP contribution is 2.23. The average Bonchev–Trinajstić information content (AvgIpc) is 2.54. The second kappa shape index (κ2) is 5.60. The third-order valence-corrected chi connectivity index (χ3v) is 3.53. The average molecular weight is 310 g/mol. The van der Waals surface area contributed by atoms with Gasteiger partial charge < -0.3 is 0 Å². The maximum atomic E-state index is 12.7. The van der Waals surface area contributed by atoms with Crippen LogP contribution in [0.2, 0.25) is 0 Å². The lowest BCUT2D eigenvalue weighted by atomic mass is 10.1. The maximum Gasteiger partial charge on any atom is 0.269 e. The summed E-state index contributed by atoms with van der Waals surface area (Å²) in [7, 11) is 0. The smallest absolute Gasteiger partial charge is 0.269 e. The van der Waals surface area contributed by atoms with E-state index in [1.165, 1.54) is 12.1 Å². The number of nitro groups is 1. The number of pyridine rings is 1. The van der Waals surface area contributed by atoms with Gasteiger partial charge in [0.2, 0.25) is 0 Å². The van der Waals surface area contributed by atoms with E-state index in [1.54, 1.807) is 35.0 Å². The van der Waals surface area contributed by atoms with Gasteiger partial charge in [-0.3, -0.25) is 19.5 Å². The van der Waals surface area contributed by atoms with Crippen molar-refractivity contribution >= 4 is 16.7 Å². The van der Waals surface area contributed by atoms with Crippen LogP contribution in [0, 0.1) is 10.1 Å². The fourth-order valence-corrected chi connectivity index (χ4v) is 2.45. The van der Waals surface area contributed by atoms with Crippen molar-refractivity contribution in [3.05, 3.63) is 63.1 Å². The number of nitrogens with zero attached hydrogens (tertiary/aromatic N) is 4. The first-order chi connectivity index (χ1) is 11.0. The van der Waals surface area contributed by atoms with Crippen LogP contribution in [0.25, 0.3) is 22.4 Å². The van der Waals surface area contributed by atoms with E-state index in [-0.39, 0.29) is 17.3 Å². The largest absolute Gasteiger partial charge is 0.289 e. The molecule has 0 saturated heterocycles. The van der Waals surface area contributed by atoms with Crippen molar-refractivity contribution in [2.24, 2.45) is 0 Å². The molecule has 1 aromatic carbocycles. The predicted octanol–water partition coefficient (Wildman–Crippen LogP) is 2.95. The van der Waals surface area contributed by atoms with E-state index in [0.717, 1.165) is 0 Å². The Hall–Kier alpha value is -3.09. The van der Waals surface area contributed by atoms with E-state index >= 15 is 0 Å². The number of non-ortho nitro benzene ring substituents is 1. The Kier molecular flexibility index (Phi) is 3.61. The normalized spacial score (nSPS) is 11.1. The van der Waals surface area contributed by atoms with Crippen molar-refractivity contribution in [2.75, 3.05) is 0 Å². The molecule has 0 aliphatic carbocycles. The first-order valence-electron chi connectivity index (χ1n) is 7.11. The van der Waals surface area contributed by atoms with Gasteiger partial charge in [0, 0.05) is 29.9 Å². The van der Waals surface area contributed by atoms with E-state index in [9.17, 15) is 14.9 Å². The molecule has 0 amide bonds. The van der Waals surface area contributed by atoms with Gasteiger partial charge in [-0.1, -0.05) is 0 Å². The molecule has 0 atom stereocenters. The highest BCUT2D eigenvalue weighted by Gasteiger charge is 2.16. The minimum atomic E-state index is -0.464. The molecule has 23 heavy (non-hydrogen) atoms. The highest BCUT2D eigenvalue weighted by molar-refractivity contribution is 5.76. The summed E-state index contributed by atoms with van der Waals surface area (Å²) in [6, 6.07) is 9.26. The fraction of sp³-hybridized carbons (Fsp3) is 0.188.